The Labute approximate surface area is 164 Å². The number of nitrogens with zero attached hydrogens (tertiary/aromatic N) is 1. The van der Waals surface area contributed by atoms with Crippen LogP contribution < -0.4 is 5.32 Å². The molecule has 0 aliphatic rings. The van der Waals surface area contributed by atoms with Crippen molar-refractivity contribution < 1.29 is 13.4 Å². The first-order chi connectivity index (χ1) is 13.0. The van der Waals surface area contributed by atoms with E-state index in [1.54, 1.807) is 12.1 Å². The quantitative estimate of drug-likeness (QED) is 0.635. The first-order valence-electron chi connectivity index (χ1n) is 9.58. The van der Waals surface area contributed by atoms with Crippen LogP contribution in [0.1, 0.15) is 48.6 Å². The lowest BCUT2D eigenvalue weighted by atomic mass is 10.2. The Hall–Kier alpha value is -1.92. The Morgan fingerprint density at radius 3 is 2.44 bits per heavy atom. The molecule has 5 nitrogen and oxygen atoms in total. The van der Waals surface area contributed by atoms with Crippen LogP contribution in [-0.2, 0) is 16.6 Å². The molecule has 1 atom stereocenters. The average Bonchev–Trinajstić information content (AvgIpc) is 3.11. The molecule has 0 unspecified atom stereocenters. The van der Waals surface area contributed by atoms with Crippen molar-refractivity contribution in [3.05, 3.63) is 53.5 Å². The van der Waals surface area contributed by atoms with Gasteiger partial charge in [-0.1, -0.05) is 32.0 Å². The summed E-state index contributed by atoms with van der Waals surface area (Å²) in [7, 11) is -1.19. The van der Waals surface area contributed by atoms with E-state index >= 15 is 0 Å². The summed E-state index contributed by atoms with van der Waals surface area (Å²) in [6, 6.07) is 11.0. The van der Waals surface area contributed by atoms with E-state index in [2.05, 4.69) is 24.1 Å². The lowest BCUT2D eigenvalue weighted by molar-refractivity contribution is 0.0919. The van der Waals surface area contributed by atoms with Crippen molar-refractivity contribution in [1.82, 2.24) is 10.2 Å². The van der Waals surface area contributed by atoms with Crippen LogP contribution in [-0.4, -0.2) is 41.2 Å². The second-order valence-corrected chi connectivity index (χ2v) is 8.04. The lowest BCUT2D eigenvalue weighted by Gasteiger charge is -2.20. The molecule has 0 saturated carbocycles. The third-order valence-electron chi connectivity index (χ3n) is 4.29. The number of nitrogens with one attached hydrogen (secondary N) is 1. The fourth-order valence-electron chi connectivity index (χ4n) is 2.98. The third kappa shape index (κ3) is 6.63. The maximum absolute atomic E-state index is 12.5. The van der Waals surface area contributed by atoms with Gasteiger partial charge in [0, 0.05) is 18.0 Å². The van der Waals surface area contributed by atoms with Crippen molar-refractivity contribution in [2.24, 2.45) is 0 Å². The molecule has 1 heterocycles. The maximum Gasteiger partial charge on any atom is 0.287 e. The lowest BCUT2D eigenvalue weighted by Crippen LogP contribution is -2.35. The standard InChI is InChI=1S/C21H30N2O3S/c1-4-13-23(14-5-2)15-12-22-21(24)19-11-10-18(26-19)16-27(25)20-9-7-6-8-17(20)3/h6-11H,4-5,12-16H2,1-3H3,(H,22,24)/t27-/m0/s1. The van der Waals surface area contributed by atoms with Crippen molar-refractivity contribution in [1.29, 1.82) is 0 Å². The highest BCUT2D eigenvalue weighted by Gasteiger charge is 2.14. The largest absolute Gasteiger partial charge is 0.455 e. The maximum atomic E-state index is 12.5. The monoisotopic (exact) mass is 390 g/mol. The second kappa shape index (κ2) is 11.0. The molecule has 1 N–H and O–H groups in total. The minimum absolute atomic E-state index is 0.226. The third-order valence-corrected chi connectivity index (χ3v) is 5.79. The molecular formula is C21H30N2O3S. The van der Waals surface area contributed by atoms with Crippen molar-refractivity contribution in [3.63, 3.8) is 0 Å². The Kier molecular flexibility index (Phi) is 8.75. The van der Waals surface area contributed by atoms with Crippen LogP contribution in [0.15, 0.2) is 45.7 Å². The van der Waals surface area contributed by atoms with E-state index < -0.39 is 10.8 Å². The smallest absolute Gasteiger partial charge is 0.287 e. The summed E-state index contributed by atoms with van der Waals surface area (Å²) in [5, 5.41) is 2.90. The molecule has 2 rings (SSSR count). The van der Waals surface area contributed by atoms with Gasteiger partial charge in [-0.05, 0) is 56.6 Å². The zero-order chi connectivity index (χ0) is 19.6. The normalized spacial score (nSPS) is 12.3. The molecule has 0 aliphatic carbocycles. The Morgan fingerprint density at radius 1 is 1.07 bits per heavy atom. The molecule has 1 aromatic carbocycles. The van der Waals surface area contributed by atoms with Crippen molar-refractivity contribution in [3.8, 4) is 0 Å². The highest BCUT2D eigenvalue weighted by molar-refractivity contribution is 7.84. The van der Waals surface area contributed by atoms with Gasteiger partial charge in [0.25, 0.3) is 5.91 Å². The van der Waals surface area contributed by atoms with Crippen molar-refractivity contribution in [2.45, 2.75) is 44.3 Å². The van der Waals surface area contributed by atoms with Crippen LogP contribution in [0.3, 0.4) is 0 Å². The Bertz CT molecular complexity index is 751. The van der Waals surface area contributed by atoms with Gasteiger partial charge in [-0.25, -0.2) is 0 Å². The van der Waals surface area contributed by atoms with Crippen molar-refractivity contribution >= 4 is 16.7 Å². The molecule has 0 spiro atoms. The van der Waals surface area contributed by atoms with E-state index in [1.165, 1.54) is 0 Å². The zero-order valence-electron chi connectivity index (χ0n) is 16.5. The van der Waals surface area contributed by atoms with Gasteiger partial charge in [-0.3, -0.25) is 9.00 Å². The molecule has 0 fully saturated rings. The summed E-state index contributed by atoms with van der Waals surface area (Å²) in [5.74, 6) is 0.861. The molecular weight excluding hydrogens is 360 g/mol. The van der Waals surface area contributed by atoms with E-state index in [4.69, 9.17) is 4.42 Å². The van der Waals surface area contributed by atoms with Gasteiger partial charge in [0.05, 0.1) is 16.6 Å². The molecule has 0 aliphatic heterocycles. The van der Waals surface area contributed by atoms with E-state index in [0.717, 1.165) is 42.9 Å². The highest BCUT2D eigenvalue weighted by Crippen LogP contribution is 2.18. The molecule has 6 heteroatoms. The predicted octanol–water partition coefficient (Wildman–Crippen LogP) is 3.75. The minimum Gasteiger partial charge on any atom is -0.455 e. The van der Waals surface area contributed by atoms with Gasteiger partial charge in [-0.15, -0.1) is 0 Å². The van der Waals surface area contributed by atoms with Crippen LogP contribution in [0.25, 0.3) is 0 Å². The molecule has 0 radical (unpaired) electrons. The Morgan fingerprint density at radius 2 is 1.78 bits per heavy atom. The number of hydrogen-bond acceptors (Lipinski definition) is 4. The molecule has 0 saturated heterocycles. The van der Waals surface area contributed by atoms with Crippen LogP contribution in [0.5, 0.6) is 0 Å². The number of carbonyl (C=O) groups excluding carboxylic acids is 1. The number of rotatable bonds is 11. The van der Waals surface area contributed by atoms with Crippen LogP contribution in [0.4, 0.5) is 0 Å². The number of aryl methyl sites for hydroxylation is 1. The average molecular weight is 391 g/mol. The number of amides is 1. The SMILES string of the molecule is CCCN(CCC)CCNC(=O)c1ccc(C[S@](=O)c2ccccc2C)o1. The van der Waals surface area contributed by atoms with Crippen LogP contribution >= 0.6 is 0 Å². The van der Waals surface area contributed by atoms with E-state index in [-0.39, 0.29) is 17.4 Å². The summed E-state index contributed by atoms with van der Waals surface area (Å²) in [6.45, 7) is 9.76. The molecule has 0 bridgehead atoms. The van der Waals surface area contributed by atoms with Gasteiger partial charge in [0.1, 0.15) is 5.76 Å². The fraction of sp³-hybridized carbons (Fsp3) is 0.476. The summed E-state index contributed by atoms with van der Waals surface area (Å²) in [4.78, 5) is 15.4. The van der Waals surface area contributed by atoms with Gasteiger partial charge >= 0.3 is 0 Å². The second-order valence-electron chi connectivity index (χ2n) is 6.62. The molecule has 2 aromatic rings. The van der Waals surface area contributed by atoms with Crippen LogP contribution in [0.2, 0.25) is 0 Å². The van der Waals surface area contributed by atoms with E-state index in [1.807, 2.05) is 31.2 Å². The molecule has 148 valence electrons. The number of hydrogen-bond donors (Lipinski definition) is 1. The highest BCUT2D eigenvalue weighted by atomic mass is 32.2. The predicted molar refractivity (Wildman–Crippen MR) is 109 cm³/mol. The zero-order valence-corrected chi connectivity index (χ0v) is 17.3. The Balaban J connectivity index is 1.86. The topological polar surface area (TPSA) is 62.6 Å². The van der Waals surface area contributed by atoms with Gasteiger partial charge in [0.15, 0.2) is 5.76 Å². The van der Waals surface area contributed by atoms with Gasteiger partial charge < -0.3 is 14.6 Å². The number of furan rings is 1. The first kappa shape index (κ1) is 21.4. The van der Waals surface area contributed by atoms with E-state index in [0.29, 0.717) is 12.3 Å². The first-order valence-corrected chi connectivity index (χ1v) is 10.9. The van der Waals surface area contributed by atoms with E-state index in [9.17, 15) is 9.00 Å². The van der Waals surface area contributed by atoms with Gasteiger partial charge in [0.2, 0.25) is 0 Å². The summed E-state index contributed by atoms with van der Waals surface area (Å²) >= 11 is 0. The summed E-state index contributed by atoms with van der Waals surface area (Å²) in [6.07, 6.45) is 2.21. The molecule has 27 heavy (non-hydrogen) atoms. The summed E-state index contributed by atoms with van der Waals surface area (Å²) in [5.41, 5.74) is 0.990. The number of carbonyl (C=O) groups is 1. The molecule has 1 amide bonds. The van der Waals surface area contributed by atoms with Gasteiger partial charge in [-0.2, -0.15) is 0 Å². The fourth-order valence-corrected chi connectivity index (χ4v) is 4.21. The van der Waals surface area contributed by atoms with Crippen molar-refractivity contribution in [2.75, 3.05) is 26.2 Å². The van der Waals surface area contributed by atoms with Crippen LogP contribution in [0, 0.1) is 6.92 Å². The summed E-state index contributed by atoms with van der Waals surface area (Å²) < 4.78 is 18.1. The number of benzene rings is 1. The molecule has 1 aromatic heterocycles. The minimum atomic E-state index is -1.19.